The van der Waals surface area contributed by atoms with Gasteiger partial charge in [-0.25, -0.2) is 4.68 Å². The first kappa shape index (κ1) is 9.73. The van der Waals surface area contributed by atoms with E-state index in [1.165, 1.54) is 0 Å². The van der Waals surface area contributed by atoms with Crippen LogP contribution in [0.5, 0.6) is 0 Å². The van der Waals surface area contributed by atoms with Crippen LogP contribution in [0.15, 0.2) is 36.5 Å². The molecule has 78 valence electrons. The molecule has 4 heteroatoms. The van der Waals surface area contributed by atoms with E-state index in [2.05, 4.69) is 10.4 Å². The maximum absolute atomic E-state index is 5.67. The smallest absolute Gasteiger partial charge is 0.148 e. The van der Waals surface area contributed by atoms with Crippen molar-refractivity contribution < 1.29 is 0 Å². The Labute approximate surface area is 88.7 Å². The second-order valence-corrected chi connectivity index (χ2v) is 3.23. The average Bonchev–Trinajstić information content (AvgIpc) is 2.77. The lowest BCUT2D eigenvalue weighted by Gasteiger charge is -2.06. The number of nitrogens with one attached hydrogen (secondary N) is 1. The Kier molecular flexibility index (Phi) is 2.69. The van der Waals surface area contributed by atoms with Gasteiger partial charge in [0.1, 0.15) is 5.82 Å². The summed E-state index contributed by atoms with van der Waals surface area (Å²) in [5, 5.41) is 7.35. The van der Waals surface area contributed by atoms with E-state index in [0.29, 0.717) is 6.54 Å². The van der Waals surface area contributed by atoms with Crippen LogP contribution in [-0.2, 0) is 6.54 Å². The molecule has 0 aliphatic rings. The number of nitrogens with two attached hydrogens (primary N) is 1. The highest BCUT2D eigenvalue weighted by molar-refractivity contribution is 5.42. The van der Waals surface area contributed by atoms with E-state index < -0.39 is 0 Å². The van der Waals surface area contributed by atoms with E-state index in [0.717, 1.165) is 17.1 Å². The number of benzene rings is 1. The number of rotatable bonds is 3. The van der Waals surface area contributed by atoms with Crippen LogP contribution in [0.2, 0.25) is 0 Å². The number of hydrogen-bond acceptors (Lipinski definition) is 3. The number of aromatic nitrogens is 2. The number of para-hydroxylation sites is 1. The Hall–Kier alpha value is -1.81. The van der Waals surface area contributed by atoms with Crippen molar-refractivity contribution in [3.63, 3.8) is 0 Å². The third kappa shape index (κ3) is 1.85. The number of hydrogen-bond donors (Lipinski definition) is 2. The second kappa shape index (κ2) is 4.14. The van der Waals surface area contributed by atoms with Crippen LogP contribution in [0.4, 0.5) is 5.82 Å². The van der Waals surface area contributed by atoms with E-state index in [9.17, 15) is 0 Å². The zero-order valence-electron chi connectivity index (χ0n) is 8.64. The van der Waals surface area contributed by atoms with Crippen molar-refractivity contribution in [1.29, 1.82) is 0 Å². The van der Waals surface area contributed by atoms with E-state index in [1.54, 1.807) is 0 Å². The van der Waals surface area contributed by atoms with Gasteiger partial charge in [0.2, 0.25) is 0 Å². The third-order valence-electron chi connectivity index (χ3n) is 2.30. The molecule has 15 heavy (non-hydrogen) atoms. The van der Waals surface area contributed by atoms with Gasteiger partial charge in [-0.15, -0.1) is 0 Å². The monoisotopic (exact) mass is 202 g/mol. The normalized spacial score (nSPS) is 10.3. The van der Waals surface area contributed by atoms with Crippen molar-refractivity contribution in [2.45, 2.75) is 6.54 Å². The van der Waals surface area contributed by atoms with Gasteiger partial charge in [-0.2, -0.15) is 5.10 Å². The molecule has 3 N–H and O–H groups in total. The van der Waals surface area contributed by atoms with Crippen molar-refractivity contribution >= 4 is 5.82 Å². The third-order valence-corrected chi connectivity index (χ3v) is 2.30. The van der Waals surface area contributed by atoms with Gasteiger partial charge in [-0.3, -0.25) is 0 Å². The molecule has 0 spiro atoms. The summed E-state index contributed by atoms with van der Waals surface area (Å²) in [6.45, 7) is 0.519. The van der Waals surface area contributed by atoms with Crippen LogP contribution in [-0.4, -0.2) is 16.8 Å². The van der Waals surface area contributed by atoms with E-state index in [1.807, 2.05) is 48.3 Å². The standard InChI is InChI=1S/C11H14N4/c1-13-11-6-7-15(14-11)10-5-3-2-4-9(10)8-12/h2-7H,8,12H2,1H3,(H,13,14). The fraction of sp³-hybridized carbons (Fsp3) is 0.182. The van der Waals surface area contributed by atoms with Crippen molar-refractivity contribution in [1.82, 2.24) is 9.78 Å². The minimum Gasteiger partial charge on any atom is -0.372 e. The summed E-state index contributed by atoms with van der Waals surface area (Å²) in [4.78, 5) is 0. The summed E-state index contributed by atoms with van der Waals surface area (Å²) in [5.41, 5.74) is 7.79. The summed E-state index contributed by atoms with van der Waals surface area (Å²) in [7, 11) is 1.85. The van der Waals surface area contributed by atoms with Crippen LogP contribution in [0.1, 0.15) is 5.56 Å². The molecule has 0 bridgehead atoms. The van der Waals surface area contributed by atoms with Gasteiger partial charge in [0.15, 0.2) is 0 Å². The van der Waals surface area contributed by atoms with Crippen molar-refractivity contribution in [2.75, 3.05) is 12.4 Å². The minimum atomic E-state index is 0.519. The molecular weight excluding hydrogens is 188 g/mol. The van der Waals surface area contributed by atoms with E-state index in [4.69, 9.17) is 5.73 Å². The number of nitrogens with zero attached hydrogens (tertiary/aromatic N) is 2. The van der Waals surface area contributed by atoms with Gasteiger partial charge in [-0.05, 0) is 11.6 Å². The van der Waals surface area contributed by atoms with Gasteiger partial charge < -0.3 is 11.1 Å². The molecule has 0 unspecified atom stereocenters. The average molecular weight is 202 g/mol. The molecule has 1 aromatic heterocycles. The molecule has 2 aromatic rings. The fourth-order valence-corrected chi connectivity index (χ4v) is 1.50. The van der Waals surface area contributed by atoms with Crippen LogP contribution in [0.25, 0.3) is 5.69 Å². The molecular formula is C11H14N4. The van der Waals surface area contributed by atoms with Crippen LogP contribution in [0.3, 0.4) is 0 Å². The first-order valence-corrected chi connectivity index (χ1v) is 4.87. The highest BCUT2D eigenvalue weighted by Crippen LogP contribution is 2.14. The van der Waals surface area contributed by atoms with Crippen LogP contribution < -0.4 is 11.1 Å². The predicted octanol–water partition coefficient (Wildman–Crippen LogP) is 1.37. The highest BCUT2D eigenvalue weighted by Gasteiger charge is 2.03. The summed E-state index contributed by atoms with van der Waals surface area (Å²) < 4.78 is 1.83. The molecule has 0 aliphatic carbocycles. The Balaban J connectivity index is 2.44. The molecule has 1 aromatic carbocycles. The van der Waals surface area contributed by atoms with Gasteiger partial charge in [0.25, 0.3) is 0 Å². The summed E-state index contributed by atoms with van der Waals surface area (Å²) in [6.07, 6.45) is 1.92. The molecule has 0 aliphatic heterocycles. The van der Waals surface area contributed by atoms with Crippen molar-refractivity contribution in [2.24, 2.45) is 5.73 Å². The maximum Gasteiger partial charge on any atom is 0.148 e. The zero-order valence-corrected chi connectivity index (χ0v) is 8.64. The van der Waals surface area contributed by atoms with Gasteiger partial charge in [0, 0.05) is 25.9 Å². The molecule has 0 saturated carbocycles. The summed E-state index contributed by atoms with van der Waals surface area (Å²) in [6, 6.07) is 9.90. The Morgan fingerprint density at radius 3 is 2.80 bits per heavy atom. The SMILES string of the molecule is CNc1ccn(-c2ccccc2CN)n1. The summed E-state index contributed by atoms with van der Waals surface area (Å²) in [5.74, 6) is 0.849. The number of anilines is 1. The molecule has 0 amide bonds. The quantitative estimate of drug-likeness (QED) is 0.790. The Bertz CT molecular complexity index is 447. The lowest BCUT2D eigenvalue weighted by Crippen LogP contribution is -2.05. The fourth-order valence-electron chi connectivity index (χ4n) is 1.50. The first-order valence-electron chi connectivity index (χ1n) is 4.87. The summed E-state index contributed by atoms with van der Waals surface area (Å²) >= 11 is 0. The molecule has 0 fully saturated rings. The highest BCUT2D eigenvalue weighted by atomic mass is 15.3. The van der Waals surface area contributed by atoms with Crippen molar-refractivity contribution in [3.05, 3.63) is 42.1 Å². The maximum atomic E-state index is 5.67. The Morgan fingerprint density at radius 2 is 2.13 bits per heavy atom. The molecule has 0 radical (unpaired) electrons. The Morgan fingerprint density at radius 1 is 1.33 bits per heavy atom. The van der Waals surface area contributed by atoms with Gasteiger partial charge >= 0.3 is 0 Å². The minimum absolute atomic E-state index is 0.519. The predicted molar refractivity (Wildman–Crippen MR) is 61.0 cm³/mol. The molecule has 1 heterocycles. The topological polar surface area (TPSA) is 55.9 Å². The van der Waals surface area contributed by atoms with Crippen molar-refractivity contribution in [3.8, 4) is 5.69 Å². The van der Waals surface area contributed by atoms with Crippen LogP contribution >= 0.6 is 0 Å². The lowest BCUT2D eigenvalue weighted by molar-refractivity contribution is 0.861. The molecule has 0 atom stereocenters. The molecule has 0 saturated heterocycles. The first-order chi connectivity index (χ1) is 7.35. The molecule has 2 rings (SSSR count). The molecule has 4 nitrogen and oxygen atoms in total. The van der Waals surface area contributed by atoms with Crippen LogP contribution in [0, 0.1) is 0 Å². The second-order valence-electron chi connectivity index (χ2n) is 3.23. The van der Waals surface area contributed by atoms with E-state index >= 15 is 0 Å². The van der Waals surface area contributed by atoms with E-state index in [-0.39, 0.29) is 0 Å². The van der Waals surface area contributed by atoms with Gasteiger partial charge in [0.05, 0.1) is 5.69 Å². The lowest BCUT2D eigenvalue weighted by atomic mass is 10.2. The zero-order chi connectivity index (χ0) is 10.7. The largest absolute Gasteiger partial charge is 0.372 e. The van der Waals surface area contributed by atoms with Gasteiger partial charge in [-0.1, -0.05) is 18.2 Å².